The minimum Gasteiger partial charge on any atom is -0.481 e. The van der Waals surface area contributed by atoms with E-state index in [1.54, 1.807) is 4.80 Å². The fourth-order valence-electron chi connectivity index (χ4n) is 3.33. The van der Waals surface area contributed by atoms with Gasteiger partial charge in [0.05, 0.1) is 6.04 Å². The molecule has 0 radical (unpaired) electrons. The first kappa shape index (κ1) is 21.1. The second-order valence-corrected chi connectivity index (χ2v) is 7.14. The summed E-state index contributed by atoms with van der Waals surface area (Å²) in [5.41, 5.74) is 1.14. The van der Waals surface area contributed by atoms with Crippen LogP contribution in [-0.2, 0) is 11.2 Å². The lowest BCUT2D eigenvalue weighted by atomic mass is 10.00. The molecular formula is C21H32N4O2. The molecule has 0 spiro atoms. The van der Waals surface area contributed by atoms with Crippen molar-refractivity contribution < 1.29 is 9.90 Å². The summed E-state index contributed by atoms with van der Waals surface area (Å²) in [5.74, 6) is -0.680. The van der Waals surface area contributed by atoms with E-state index in [4.69, 9.17) is 5.11 Å². The van der Waals surface area contributed by atoms with Crippen LogP contribution in [0.4, 0.5) is 0 Å². The number of carbonyl (C=O) groups is 1. The van der Waals surface area contributed by atoms with Crippen LogP contribution in [0.2, 0.25) is 0 Å². The van der Waals surface area contributed by atoms with Crippen LogP contribution >= 0.6 is 0 Å². The van der Waals surface area contributed by atoms with Gasteiger partial charge in [0.15, 0.2) is 5.82 Å². The van der Waals surface area contributed by atoms with Crippen LogP contribution in [0.1, 0.15) is 88.6 Å². The first-order chi connectivity index (χ1) is 13.2. The van der Waals surface area contributed by atoms with Crippen molar-refractivity contribution >= 4 is 5.97 Å². The maximum absolute atomic E-state index is 10.9. The minimum absolute atomic E-state index is 0.00537. The lowest BCUT2D eigenvalue weighted by Gasteiger charge is -2.16. The van der Waals surface area contributed by atoms with Gasteiger partial charge in [-0.1, -0.05) is 95.0 Å². The molecule has 0 aliphatic heterocycles. The lowest BCUT2D eigenvalue weighted by molar-refractivity contribution is -0.136. The molecule has 0 saturated carbocycles. The predicted octanol–water partition coefficient (Wildman–Crippen LogP) is 4.81. The number of aliphatic carboxylic acids is 1. The molecule has 0 aliphatic carbocycles. The summed E-state index contributed by atoms with van der Waals surface area (Å²) < 4.78 is 0. The van der Waals surface area contributed by atoms with Gasteiger partial charge in [-0.15, -0.1) is 10.2 Å². The van der Waals surface area contributed by atoms with Crippen molar-refractivity contribution in [2.24, 2.45) is 0 Å². The molecule has 0 bridgehead atoms. The number of hydrogen-bond donors (Lipinski definition) is 1. The molecule has 0 aliphatic rings. The molecule has 6 nitrogen and oxygen atoms in total. The Morgan fingerprint density at radius 2 is 1.63 bits per heavy atom. The highest BCUT2D eigenvalue weighted by atomic mass is 16.4. The average Bonchev–Trinajstić information content (AvgIpc) is 3.11. The fourth-order valence-corrected chi connectivity index (χ4v) is 3.33. The van der Waals surface area contributed by atoms with Crippen molar-refractivity contribution in [1.82, 2.24) is 20.2 Å². The summed E-state index contributed by atoms with van der Waals surface area (Å²) in [6.07, 6.45) is 12.3. The van der Waals surface area contributed by atoms with E-state index in [1.807, 2.05) is 18.2 Å². The van der Waals surface area contributed by atoms with Crippen LogP contribution in [0.15, 0.2) is 30.3 Å². The zero-order chi connectivity index (χ0) is 19.3. The van der Waals surface area contributed by atoms with Crippen molar-refractivity contribution in [2.75, 3.05) is 0 Å². The number of benzene rings is 1. The third-order valence-electron chi connectivity index (χ3n) is 4.82. The summed E-state index contributed by atoms with van der Waals surface area (Å²) in [7, 11) is 0. The minimum atomic E-state index is -0.940. The quantitative estimate of drug-likeness (QED) is 0.481. The lowest BCUT2D eigenvalue weighted by Crippen LogP contribution is -2.14. The van der Waals surface area contributed by atoms with Gasteiger partial charge in [-0.2, -0.15) is 4.80 Å². The van der Waals surface area contributed by atoms with Gasteiger partial charge in [-0.25, -0.2) is 0 Å². The summed E-state index contributed by atoms with van der Waals surface area (Å²) in [4.78, 5) is 12.4. The van der Waals surface area contributed by atoms with Crippen molar-refractivity contribution in [3.05, 3.63) is 41.7 Å². The van der Waals surface area contributed by atoms with Crippen LogP contribution in [-0.4, -0.2) is 31.3 Å². The van der Waals surface area contributed by atoms with Crippen molar-refractivity contribution in [3.63, 3.8) is 0 Å². The number of tetrazole rings is 1. The van der Waals surface area contributed by atoms with Crippen molar-refractivity contribution in [1.29, 1.82) is 0 Å². The van der Waals surface area contributed by atoms with Gasteiger partial charge in [0, 0.05) is 0 Å². The first-order valence-electron chi connectivity index (χ1n) is 10.3. The Balaban J connectivity index is 1.83. The number of rotatable bonds is 14. The highest BCUT2D eigenvalue weighted by molar-refractivity contribution is 5.68. The molecule has 1 heterocycles. The summed E-state index contributed by atoms with van der Waals surface area (Å²) in [5, 5.41) is 21.2. The third kappa shape index (κ3) is 7.89. The maximum atomic E-state index is 10.9. The number of carboxylic acid groups (broad SMARTS) is 1. The largest absolute Gasteiger partial charge is 0.481 e. The molecule has 2 rings (SSSR count). The highest BCUT2D eigenvalue weighted by Gasteiger charge is 2.17. The topological polar surface area (TPSA) is 80.9 Å². The highest BCUT2D eigenvalue weighted by Crippen LogP contribution is 2.23. The van der Waals surface area contributed by atoms with E-state index in [2.05, 4.69) is 34.5 Å². The number of nitrogens with zero attached hydrogens (tertiary/aromatic N) is 4. The Hall–Kier alpha value is -2.24. The summed E-state index contributed by atoms with van der Waals surface area (Å²) in [6, 6.07) is 10.1. The zero-order valence-electron chi connectivity index (χ0n) is 16.4. The van der Waals surface area contributed by atoms with Gasteiger partial charge < -0.3 is 5.11 Å². The zero-order valence-corrected chi connectivity index (χ0v) is 16.4. The number of hydrogen-bond acceptors (Lipinski definition) is 4. The molecule has 148 valence electrons. The van der Waals surface area contributed by atoms with Gasteiger partial charge in [0.25, 0.3) is 0 Å². The smallest absolute Gasteiger partial charge is 0.311 e. The second-order valence-electron chi connectivity index (χ2n) is 7.14. The molecule has 6 heteroatoms. The Bertz CT molecular complexity index is 657. The molecule has 1 N–H and O–H groups in total. The molecule has 1 unspecified atom stereocenters. The SMILES string of the molecule is CCCCCCCCCCCC(c1ccccc1)n1nnc(CC(=O)O)n1. The first-order valence-corrected chi connectivity index (χ1v) is 10.3. The Morgan fingerprint density at radius 1 is 1.00 bits per heavy atom. The number of carboxylic acids is 1. The van der Waals surface area contributed by atoms with E-state index >= 15 is 0 Å². The Labute approximate surface area is 162 Å². The monoisotopic (exact) mass is 372 g/mol. The molecule has 27 heavy (non-hydrogen) atoms. The summed E-state index contributed by atoms with van der Waals surface area (Å²) in [6.45, 7) is 2.25. The van der Waals surface area contributed by atoms with Gasteiger partial charge in [0.2, 0.25) is 0 Å². The number of unbranched alkanes of at least 4 members (excludes halogenated alkanes) is 8. The van der Waals surface area contributed by atoms with Crippen LogP contribution in [0, 0.1) is 0 Å². The van der Waals surface area contributed by atoms with E-state index in [0.29, 0.717) is 0 Å². The molecule has 0 fully saturated rings. The van der Waals surface area contributed by atoms with Crippen LogP contribution in [0.3, 0.4) is 0 Å². The third-order valence-corrected chi connectivity index (χ3v) is 4.82. The molecule has 1 aromatic heterocycles. The second kappa shape index (κ2) is 12.2. The predicted molar refractivity (Wildman–Crippen MR) is 106 cm³/mol. The van der Waals surface area contributed by atoms with Crippen molar-refractivity contribution in [3.8, 4) is 0 Å². The molecule has 1 aromatic carbocycles. The molecular weight excluding hydrogens is 340 g/mol. The average molecular weight is 373 g/mol. The number of aromatic nitrogens is 4. The van der Waals surface area contributed by atoms with E-state index in [9.17, 15) is 4.79 Å². The summed E-state index contributed by atoms with van der Waals surface area (Å²) >= 11 is 0. The van der Waals surface area contributed by atoms with Gasteiger partial charge in [-0.3, -0.25) is 4.79 Å². The Kier molecular flexibility index (Phi) is 9.52. The van der Waals surface area contributed by atoms with E-state index in [0.717, 1.165) is 18.4 Å². The normalized spacial score (nSPS) is 12.2. The molecule has 0 amide bonds. The van der Waals surface area contributed by atoms with Crippen molar-refractivity contribution in [2.45, 2.75) is 83.6 Å². The Morgan fingerprint density at radius 3 is 2.26 bits per heavy atom. The van der Waals surface area contributed by atoms with E-state index < -0.39 is 5.97 Å². The molecule has 1 atom stereocenters. The maximum Gasteiger partial charge on any atom is 0.311 e. The van der Waals surface area contributed by atoms with Crippen LogP contribution < -0.4 is 0 Å². The van der Waals surface area contributed by atoms with Gasteiger partial charge in [-0.05, 0) is 17.2 Å². The van der Waals surface area contributed by atoms with Crippen LogP contribution in [0.5, 0.6) is 0 Å². The van der Waals surface area contributed by atoms with Crippen LogP contribution in [0.25, 0.3) is 0 Å². The van der Waals surface area contributed by atoms with Gasteiger partial charge in [0.1, 0.15) is 6.42 Å². The van der Waals surface area contributed by atoms with E-state index in [-0.39, 0.29) is 18.3 Å². The van der Waals surface area contributed by atoms with E-state index in [1.165, 1.54) is 51.4 Å². The standard InChI is InChI=1S/C21H32N4O2/c1-2-3-4-5-6-7-8-9-13-16-19(18-14-11-10-12-15-18)25-23-20(22-24-25)17-21(26)27/h10-12,14-15,19H,2-9,13,16-17H2,1H3,(H,26,27). The fraction of sp³-hybridized carbons (Fsp3) is 0.619. The molecule has 0 saturated heterocycles. The van der Waals surface area contributed by atoms with Gasteiger partial charge >= 0.3 is 5.97 Å². The molecule has 2 aromatic rings.